The summed E-state index contributed by atoms with van der Waals surface area (Å²) in [6.45, 7) is -0.235. The lowest BCUT2D eigenvalue weighted by molar-refractivity contribution is -0.139. The molecule has 0 radical (unpaired) electrons. The molecule has 15 heteroatoms. The monoisotopic (exact) mass is 576 g/mol. The molecule has 1 aromatic heterocycles. The molecule has 1 aliphatic heterocycles. The number of pyridine rings is 1. The summed E-state index contributed by atoms with van der Waals surface area (Å²) in [5.74, 6) is -4.58. The number of hydrogen-bond donors (Lipinski definition) is 5. The smallest absolute Gasteiger partial charge is 0.323 e. The highest BCUT2D eigenvalue weighted by molar-refractivity contribution is 7.89. The number of halogens is 2. The molecule has 12 nitrogen and oxygen atoms in total. The summed E-state index contributed by atoms with van der Waals surface area (Å²) in [6.07, 6.45) is 2.84. The first-order valence-corrected chi connectivity index (χ1v) is 13.5. The number of aromatic amines is 1. The van der Waals surface area contributed by atoms with E-state index < -0.39 is 68.8 Å². The van der Waals surface area contributed by atoms with Crippen LogP contribution < -0.4 is 20.8 Å². The molecule has 2 unspecified atom stereocenters. The van der Waals surface area contributed by atoms with Gasteiger partial charge in [-0.15, -0.1) is 0 Å². The number of H-pyrrole nitrogens is 1. The predicted octanol–water partition coefficient (Wildman–Crippen LogP) is 0.747. The minimum absolute atomic E-state index is 0.178. The van der Waals surface area contributed by atoms with Crippen molar-refractivity contribution in [1.82, 2.24) is 25.2 Å². The summed E-state index contributed by atoms with van der Waals surface area (Å²) in [5.41, 5.74) is -2.16. The number of sulfonamides is 1. The Morgan fingerprint density at radius 1 is 1.25 bits per heavy atom. The Bertz CT molecular complexity index is 1630. The second kappa shape index (κ2) is 12.0. The van der Waals surface area contributed by atoms with Crippen molar-refractivity contribution in [1.29, 1.82) is 0 Å². The quantitative estimate of drug-likeness (QED) is 0.235. The summed E-state index contributed by atoms with van der Waals surface area (Å²) in [4.78, 5) is 45.2. The molecule has 3 aromatic rings. The molecule has 0 fully saturated rings. The summed E-state index contributed by atoms with van der Waals surface area (Å²) >= 11 is 0. The minimum Gasteiger partial charge on any atom is -0.480 e. The zero-order valence-corrected chi connectivity index (χ0v) is 22.0. The fourth-order valence-corrected chi connectivity index (χ4v) is 5.28. The standard InChI is InChI=1S/C25H26F2N6O6S/c1-33(13-19(24(36)37)32-40(38,39)14-6-3-2-4-7-14)23(35)17-12-30-21-15(22(17)34)10-18(26)16(20(21)27)11-31-25-28-8-5-9-29-25/h2-4,6-8,10,12,19,25,29,31-32H,5,9,11,13H2,1H3,(H,30,34)(H,36,37). The topological polar surface area (TPSA) is 173 Å². The van der Waals surface area contributed by atoms with Crippen LogP contribution in [0.1, 0.15) is 22.3 Å². The second-order valence-electron chi connectivity index (χ2n) is 8.97. The first-order valence-electron chi connectivity index (χ1n) is 12.1. The number of fused-ring (bicyclic) bond motifs is 1. The van der Waals surface area contributed by atoms with E-state index in [1.807, 2.05) is 4.72 Å². The summed E-state index contributed by atoms with van der Waals surface area (Å²) in [7, 11) is -3.08. The van der Waals surface area contributed by atoms with Gasteiger partial charge in [0.1, 0.15) is 17.4 Å². The van der Waals surface area contributed by atoms with Gasteiger partial charge in [0.15, 0.2) is 12.1 Å². The highest BCUT2D eigenvalue weighted by Gasteiger charge is 2.29. The molecule has 2 aromatic carbocycles. The third kappa shape index (κ3) is 6.22. The van der Waals surface area contributed by atoms with Gasteiger partial charge in [0.05, 0.1) is 15.8 Å². The van der Waals surface area contributed by atoms with Gasteiger partial charge >= 0.3 is 5.97 Å². The number of rotatable bonds is 10. The van der Waals surface area contributed by atoms with Gasteiger partial charge in [-0.2, -0.15) is 4.72 Å². The molecule has 4 rings (SSSR count). The molecule has 0 aliphatic carbocycles. The molecular formula is C25H26F2N6O6S. The van der Waals surface area contributed by atoms with Gasteiger partial charge in [0, 0.05) is 44.7 Å². The second-order valence-corrected chi connectivity index (χ2v) is 10.7. The number of carboxylic acids is 1. The zero-order valence-electron chi connectivity index (χ0n) is 21.1. The minimum atomic E-state index is -4.24. The average molecular weight is 577 g/mol. The number of hydrogen-bond acceptors (Lipinski definition) is 8. The zero-order chi connectivity index (χ0) is 29.0. The first kappa shape index (κ1) is 28.9. The SMILES string of the molecule is CN(CC(NS(=O)(=O)c1ccccc1)C(=O)O)C(=O)c1c[nH]c2c(F)c(CNC3N=CCCN3)c(F)cc2c1=O. The predicted molar refractivity (Wildman–Crippen MR) is 141 cm³/mol. The number of carbonyl (C=O) groups excluding carboxylic acids is 1. The van der Waals surface area contributed by atoms with Crippen LogP contribution >= 0.6 is 0 Å². The molecule has 5 N–H and O–H groups in total. The molecule has 0 saturated heterocycles. The van der Waals surface area contributed by atoms with Crippen LogP contribution in [0, 0.1) is 11.6 Å². The van der Waals surface area contributed by atoms with Crippen molar-refractivity contribution in [3.05, 3.63) is 75.6 Å². The number of aliphatic carboxylic acids is 1. The number of aliphatic imine (C=N–C) groups is 1. The summed E-state index contributed by atoms with van der Waals surface area (Å²) < 4.78 is 57.2. The van der Waals surface area contributed by atoms with Crippen molar-refractivity contribution in [3.8, 4) is 0 Å². The van der Waals surface area contributed by atoms with E-state index in [9.17, 15) is 32.3 Å². The number of nitrogens with zero attached hydrogens (tertiary/aromatic N) is 2. The van der Waals surface area contributed by atoms with Crippen molar-refractivity contribution >= 4 is 39.0 Å². The van der Waals surface area contributed by atoms with Crippen molar-refractivity contribution in [3.63, 3.8) is 0 Å². The molecule has 212 valence electrons. The van der Waals surface area contributed by atoms with Gasteiger partial charge in [-0.05, 0) is 24.6 Å². The van der Waals surface area contributed by atoms with Crippen LogP contribution in [0.5, 0.6) is 0 Å². The molecule has 1 aliphatic rings. The van der Waals surface area contributed by atoms with E-state index in [4.69, 9.17) is 0 Å². The largest absolute Gasteiger partial charge is 0.480 e. The van der Waals surface area contributed by atoms with Crippen LogP contribution in [0.4, 0.5) is 8.78 Å². The van der Waals surface area contributed by atoms with Gasteiger partial charge in [-0.1, -0.05) is 18.2 Å². The molecule has 0 saturated carbocycles. The molecule has 0 spiro atoms. The number of aromatic nitrogens is 1. The Morgan fingerprint density at radius 2 is 1.98 bits per heavy atom. The van der Waals surface area contributed by atoms with Crippen molar-refractivity contribution in [2.75, 3.05) is 20.1 Å². The van der Waals surface area contributed by atoms with Gasteiger partial charge < -0.3 is 15.0 Å². The van der Waals surface area contributed by atoms with E-state index in [-0.39, 0.29) is 22.5 Å². The Morgan fingerprint density at radius 3 is 2.62 bits per heavy atom. The number of carboxylic acid groups (broad SMARTS) is 1. The Labute approximate surface area is 227 Å². The number of carbonyl (C=O) groups is 2. The maximum absolute atomic E-state index is 15.2. The molecule has 0 bridgehead atoms. The number of amides is 1. The van der Waals surface area contributed by atoms with E-state index in [0.717, 1.165) is 30.6 Å². The fourth-order valence-electron chi connectivity index (χ4n) is 4.08. The molecule has 2 heterocycles. The maximum atomic E-state index is 15.2. The normalized spacial score (nSPS) is 16.1. The van der Waals surface area contributed by atoms with Gasteiger partial charge in [0.2, 0.25) is 15.5 Å². The van der Waals surface area contributed by atoms with Crippen molar-refractivity contribution in [2.24, 2.45) is 4.99 Å². The molecule has 2 atom stereocenters. The van der Waals surface area contributed by atoms with Gasteiger partial charge in [-0.25, -0.2) is 17.2 Å². The lowest BCUT2D eigenvalue weighted by Crippen LogP contribution is -2.49. The third-order valence-corrected chi connectivity index (χ3v) is 7.67. The van der Waals surface area contributed by atoms with Crippen LogP contribution in [-0.2, 0) is 21.4 Å². The molecule has 40 heavy (non-hydrogen) atoms. The van der Waals surface area contributed by atoms with E-state index in [2.05, 4.69) is 20.6 Å². The van der Waals surface area contributed by atoms with Crippen molar-refractivity contribution in [2.45, 2.75) is 30.2 Å². The van der Waals surface area contributed by atoms with E-state index in [1.54, 1.807) is 12.3 Å². The van der Waals surface area contributed by atoms with E-state index >= 15 is 4.39 Å². The van der Waals surface area contributed by atoms with Crippen LogP contribution in [0.2, 0.25) is 0 Å². The Balaban J connectivity index is 1.55. The lowest BCUT2D eigenvalue weighted by atomic mass is 10.1. The average Bonchev–Trinajstić information content (AvgIpc) is 2.93. The highest BCUT2D eigenvalue weighted by Crippen LogP contribution is 2.21. The highest BCUT2D eigenvalue weighted by atomic mass is 32.2. The van der Waals surface area contributed by atoms with Crippen LogP contribution in [0.15, 0.2) is 57.3 Å². The van der Waals surface area contributed by atoms with Crippen LogP contribution in [0.25, 0.3) is 10.9 Å². The number of benzene rings is 2. The molecular weight excluding hydrogens is 550 g/mol. The fraction of sp³-hybridized carbons (Fsp3) is 0.280. The third-order valence-electron chi connectivity index (χ3n) is 6.18. The summed E-state index contributed by atoms with van der Waals surface area (Å²) in [6, 6.07) is 6.10. The number of nitrogens with one attached hydrogen (secondary N) is 4. The first-order chi connectivity index (χ1) is 19.0. The summed E-state index contributed by atoms with van der Waals surface area (Å²) in [5, 5.41) is 15.0. The van der Waals surface area contributed by atoms with Gasteiger partial charge in [0.25, 0.3) is 5.91 Å². The lowest BCUT2D eigenvalue weighted by Gasteiger charge is -2.22. The van der Waals surface area contributed by atoms with E-state index in [0.29, 0.717) is 6.54 Å². The van der Waals surface area contributed by atoms with Crippen molar-refractivity contribution < 1.29 is 31.9 Å². The number of likely N-dealkylation sites (N-methyl/N-ethyl adjacent to an activating group) is 1. The Hall–Kier alpha value is -4.05. The van der Waals surface area contributed by atoms with Crippen LogP contribution in [-0.4, -0.2) is 74.0 Å². The van der Waals surface area contributed by atoms with Crippen LogP contribution in [0.3, 0.4) is 0 Å². The Kier molecular flexibility index (Phi) is 8.68. The maximum Gasteiger partial charge on any atom is 0.323 e. The molecule has 1 amide bonds. The van der Waals surface area contributed by atoms with Gasteiger partial charge in [-0.3, -0.25) is 30.0 Å². The van der Waals surface area contributed by atoms with E-state index in [1.165, 1.54) is 24.3 Å².